The van der Waals surface area contributed by atoms with Gasteiger partial charge < -0.3 is 5.32 Å². The standard InChI is InChI=1S/C12H15N5/c1-4-15-12-8(2)11(16-9(3)17-12)10-5-13-7-14-6-10/h5-7H,4H2,1-3H3,(H,15,16,17). The van der Waals surface area contributed by atoms with Crippen LogP contribution in [0.15, 0.2) is 18.7 Å². The Morgan fingerprint density at radius 2 is 1.82 bits per heavy atom. The van der Waals surface area contributed by atoms with E-state index >= 15 is 0 Å². The summed E-state index contributed by atoms with van der Waals surface area (Å²) < 4.78 is 0. The number of nitrogens with zero attached hydrogens (tertiary/aromatic N) is 4. The zero-order valence-corrected chi connectivity index (χ0v) is 10.2. The number of aromatic nitrogens is 4. The minimum absolute atomic E-state index is 0.741. The van der Waals surface area contributed by atoms with E-state index in [1.807, 2.05) is 20.8 Å². The first-order chi connectivity index (χ1) is 8.22. The van der Waals surface area contributed by atoms with E-state index in [1.54, 1.807) is 12.4 Å². The van der Waals surface area contributed by atoms with Gasteiger partial charge in [0.25, 0.3) is 0 Å². The van der Waals surface area contributed by atoms with Gasteiger partial charge in [0, 0.05) is 30.1 Å². The van der Waals surface area contributed by atoms with Crippen molar-refractivity contribution in [2.75, 3.05) is 11.9 Å². The van der Waals surface area contributed by atoms with Gasteiger partial charge in [-0.2, -0.15) is 0 Å². The number of nitrogens with one attached hydrogen (secondary N) is 1. The molecule has 0 aromatic carbocycles. The van der Waals surface area contributed by atoms with E-state index in [-0.39, 0.29) is 0 Å². The van der Waals surface area contributed by atoms with Crippen LogP contribution in [0.4, 0.5) is 5.82 Å². The summed E-state index contributed by atoms with van der Waals surface area (Å²) in [6.07, 6.45) is 5.03. The molecule has 2 heterocycles. The molecule has 1 N–H and O–H groups in total. The van der Waals surface area contributed by atoms with Crippen LogP contribution >= 0.6 is 0 Å². The lowest BCUT2D eigenvalue weighted by atomic mass is 10.1. The third-order valence-corrected chi connectivity index (χ3v) is 2.44. The van der Waals surface area contributed by atoms with Crippen molar-refractivity contribution in [1.29, 1.82) is 0 Å². The highest BCUT2D eigenvalue weighted by atomic mass is 15.0. The molecule has 0 fully saturated rings. The molecule has 0 saturated heterocycles. The third kappa shape index (κ3) is 2.38. The first kappa shape index (κ1) is 11.4. The maximum Gasteiger partial charge on any atom is 0.133 e. The molecule has 0 unspecified atom stereocenters. The molecule has 2 rings (SSSR count). The van der Waals surface area contributed by atoms with Crippen molar-refractivity contribution in [3.05, 3.63) is 30.1 Å². The Hall–Kier alpha value is -2.04. The molecule has 0 bridgehead atoms. The molecule has 5 nitrogen and oxygen atoms in total. The average molecular weight is 229 g/mol. The monoisotopic (exact) mass is 229 g/mol. The Kier molecular flexibility index (Phi) is 3.27. The summed E-state index contributed by atoms with van der Waals surface area (Å²) in [5, 5.41) is 3.23. The van der Waals surface area contributed by atoms with Gasteiger partial charge in [0.05, 0.1) is 5.69 Å². The normalized spacial score (nSPS) is 10.3. The molecule has 2 aromatic rings. The maximum absolute atomic E-state index is 4.45. The summed E-state index contributed by atoms with van der Waals surface area (Å²) in [4.78, 5) is 16.9. The minimum atomic E-state index is 0.741. The van der Waals surface area contributed by atoms with E-state index in [2.05, 4.69) is 25.3 Å². The summed E-state index contributed by atoms with van der Waals surface area (Å²) >= 11 is 0. The van der Waals surface area contributed by atoms with Crippen LogP contribution in [0.1, 0.15) is 18.3 Å². The highest BCUT2D eigenvalue weighted by Gasteiger charge is 2.10. The minimum Gasteiger partial charge on any atom is -0.370 e. The van der Waals surface area contributed by atoms with Gasteiger partial charge in [0.15, 0.2) is 0 Å². The van der Waals surface area contributed by atoms with Crippen LogP contribution in [-0.4, -0.2) is 26.5 Å². The molecule has 0 radical (unpaired) electrons. The lowest BCUT2D eigenvalue weighted by Crippen LogP contribution is -2.06. The van der Waals surface area contributed by atoms with Crippen molar-refractivity contribution in [2.45, 2.75) is 20.8 Å². The Balaban J connectivity index is 2.54. The highest BCUT2D eigenvalue weighted by molar-refractivity contribution is 5.66. The molecule has 0 atom stereocenters. The Bertz CT molecular complexity index is 510. The van der Waals surface area contributed by atoms with Crippen LogP contribution in [0.2, 0.25) is 0 Å². The zero-order chi connectivity index (χ0) is 12.3. The van der Waals surface area contributed by atoms with Crippen LogP contribution in [-0.2, 0) is 0 Å². The Morgan fingerprint density at radius 3 is 2.47 bits per heavy atom. The van der Waals surface area contributed by atoms with Crippen LogP contribution in [0, 0.1) is 13.8 Å². The fraction of sp³-hybridized carbons (Fsp3) is 0.333. The van der Waals surface area contributed by atoms with E-state index in [4.69, 9.17) is 0 Å². The van der Waals surface area contributed by atoms with Crippen molar-refractivity contribution in [2.24, 2.45) is 0 Å². The lowest BCUT2D eigenvalue weighted by molar-refractivity contribution is 1.01. The predicted molar refractivity (Wildman–Crippen MR) is 66.7 cm³/mol. The highest BCUT2D eigenvalue weighted by Crippen LogP contribution is 2.24. The van der Waals surface area contributed by atoms with E-state index in [1.165, 1.54) is 6.33 Å². The van der Waals surface area contributed by atoms with Crippen molar-refractivity contribution in [1.82, 2.24) is 19.9 Å². The fourth-order valence-corrected chi connectivity index (χ4v) is 1.67. The van der Waals surface area contributed by atoms with E-state index in [0.717, 1.165) is 35.0 Å². The van der Waals surface area contributed by atoms with Crippen molar-refractivity contribution >= 4 is 5.82 Å². The molecule has 2 aromatic heterocycles. The predicted octanol–water partition coefficient (Wildman–Crippen LogP) is 1.98. The first-order valence-corrected chi connectivity index (χ1v) is 5.57. The van der Waals surface area contributed by atoms with Crippen molar-refractivity contribution in [3.8, 4) is 11.3 Å². The van der Waals surface area contributed by atoms with Crippen LogP contribution in [0.25, 0.3) is 11.3 Å². The summed E-state index contributed by atoms with van der Waals surface area (Å²) in [6.45, 7) is 6.76. The molecule has 88 valence electrons. The van der Waals surface area contributed by atoms with Crippen LogP contribution in [0.5, 0.6) is 0 Å². The van der Waals surface area contributed by atoms with Crippen molar-refractivity contribution < 1.29 is 0 Å². The van der Waals surface area contributed by atoms with Crippen LogP contribution in [0.3, 0.4) is 0 Å². The molecular formula is C12H15N5. The van der Waals surface area contributed by atoms with Crippen molar-refractivity contribution in [3.63, 3.8) is 0 Å². The molecule has 0 aliphatic heterocycles. The smallest absolute Gasteiger partial charge is 0.133 e. The van der Waals surface area contributed by atoms with Gasteiger partial charge in [-0.25, -0.2) is 19.9 Å². The average Bonchev–Trinajstić information content (AvgIpc) is 2.35. The molecule has 0 spiro atoms. The third-order valence-electron chi connectivity index (χ3n) is 2.44. The van der Waals surface area contributed by atoms with E-state index < -0.39 is 0 Å². The second kappa shape index (κ2) is 4.86. The maximum atomic E-state index is 4.45. The van der Waals surface area contributed by atoms with E-state index in [0.29, 0.717) is 0 Å². The van der Waals surface area contributed by atoms with Crippen LogP contribution < -0.4 is 5.32 Å². The molecule has 0 amide bonds. The van der Waals surface area contributed by atoms with Gasteiger partial charge >= 0.3 is 0 Å². The molecule has 0 aliphatic rings. The second-order valence-corrected chi connectivity index (χ2v) is 3.75. The molecule has 5 heteroatoms. The second-order valence-electron chi connectivity index (χ2n) is 3.75. The molecular weight excluding hydrogens is 214 g/mol. The van der Waals surface area contributed by atoms with E-state index in [9.17, 15) is 0 Å². The van der Waals surface area contributed by atoms with Gasteiger partial charge in [-0.05, 0) is 20.8 Å². The van der Waals surface area contributed by atoms with Gasteiger partial charge in [0.1, 0.15) is 18.0 Å². The number of rotatable bonds is 3. The van der Waals surface area contributed by atoms with Gasteiger partial charge in [-0.15, -0.1) is 0 Å². The fourth-order valence-electron chi connectivity index (χ4n) is 1.67. The molecule has 17 heavy (non-hydrogen) atoms. The van der Waals surface area contributed by atoms with Gasteiger partial charge in [-0.3, -0.25) is 0 Å². The first-order valence-electron chi connectivity index (χ1n) is 5.57. The number of hydrogen-bond donors (Lipinski definition) is 1. The van der Waals surface area contributed by atoms with Gasteiger partial charge in [-0.1, -0.05) is 0 Å². The summed E-state index contributed by atoms with van der Waals surface area (Å²) in [5.74, 6) is 1.62. The summed E-state index contributed by atoms with van der Waals surface area (Å²) in [7, 11) is 0. The summed E-state index contributed by atoms with van der Waals surface area (Å²) in [6, 6.07) is 0. The number of hydrogen-bond acceptors (Lipinski definition) is 5. The zero-order valence-electron chi connectivity index (χ0n) is 10.2. The Morgan fingerprint density at radius 1 is 1.12 bits per heavy atom. The summed E-state index contributed by atoms with van der Waals surface area (Å²) in [5.41, 5.74) is 2.82. The largest absolute Gasteiger partial charge is 0.370 e. The topological polar surface area (TPSA) is 63.6 Å². The van der Waals surface area contributed by atoms with Gasteiger partial charge in [0.2, 0.25) is 0 Å². The number of aryl methyl sites for hydroxylation is 1. The molecule has 0 saturated carbocycles. The molecule has 0 aliphatic carbocycles. The SMILES string of the molecule is CCNc1nc(C)nc(-c2cncnc2)c1C. The quantitative estimate of drug-likeness (QED) is 0.871. The Labute approximate surface area is 100 Å². The number of anilines is 1. The lowest BCUT2D eigenvalue weighted by Gasteiger charge is -2.11.